The fourth-order valence-electron chi connectivity index (χ4n) is 6.87. The lowest BCUT2D eigenvalue weighted by molar-refractivity contribution is -0.274. The Labute approximate surface area is 391 Å². The Bertz CT molecular complexity index is 2720. The summed E-state index contributed by atoms with van der Waals surface area (Å²) in [6.45, 7) is 1.82. The molecule has 6 rings (SSSR count). The first kappa shape index (κ1) is 49.6. The van der Waals surface area contributed by atoms with Crippen molar-refractivity contribution in [2.75, 3.05) is 7.11 Å². The zero-order valence-corrected chi connectivity index (χ0v) is 37.2. The van der Waals surface area contributed by atoms with Gasteiger partial charge in [0, 0.05) is 64.6 Å². The van der Waals surface area contributed by atoms with Gasteiger partial charge in [0.25, 0.3) is 0 Å². The number of hydrogen-bond acceptors (Lipinski definition) is 13. The molecule has 66 heavy (non-hydrogen) atoms. The van der Waals surface area contributed by atoms with Gasteiger partial charge in [0.05, 0.1) is 18.2 Å². The number of ether oxygens (including phenoxy) is 4. The van der Waals surface area contributed by atoms with Crippen molar-refractivity contribution >= 4 is 58.3 Å². The normalized spacial score (nSPS) is 14.6. The highest BCUT2D eigenvalue weighted by Gasteiger charge is 2.64. The van der Waals surface area contributed by atoms with Crippen LogP contribution in [0.5, 0.6) is 12.0 Å². The average molecular weight is 1000 g/mol. The number of nitrogens with zero attached hydrogens (tertiary/aromatic N) is 6. The van der Waals surface area contributed by atoms with Crippen LogP contribution >= 0.6 is 46.4 Å². The third kappa shape index (κ3) is 10.4. The summed E-state index contributed by atoms with van der Waals surface area (Å²) in [7, 11) is 1.19. The van der Waals surface area contributed by atoms with E-state index in [1.165, 1.54) is 55.9 Å². The van der Waals surface area contributed by atoms with Crippen LogP contribution in [0.2, 0.25) is 20.4 Å². The summed E-state index contributed by atoms with van der Waals surface area (Å²) in [5, 5.41) is 10.2. The molecule has 0 saturated heterocycles. The zero-order valence-electron chi connectivity index (χ0n) is 34.2. The molecule has 0 fully saturated rings. The number of methoxy groups -OCH3 is 1. The quantitative estimate of drug-likeness (QED) is 0.0587. The van der Waals surface area contributed by atoms with Gasteiger partial charge in [-0.3, -0.25) is 0 Å². The molecule has 0 bridgehead atoms. The SMILES string of the molecule is COC(=O)c1cnc(OCc2ccc(C(C)C(OC(=O)c3cnc(OCc4ccc(C(C)C(O)(c5ccnc(Cl)c5)C(F)(F)F)c(Cl)c4)nc3)(c3ccnc(Cl)c3)C(F)(F)F)c(Cl)c2)nc1. The molecule has 0 aliphatic rings. The van der Waals surface area contributed by atoms with Crippen molar-refractivity contribution in [2.24, 2.45) is 0 Å². The summed E-state index contributed by atoms with van der Waals surface area (Å²) < 4.78 is 111. The van der Waals surface area contributed by atoms with Crippen LogP contribution in [0, 0.1) is 0 Å². The van der Waals surface area contributed by atoms with Gasteiger partial charge in [-0.05, 0) is 64.2 Å². The van der Waals surface area contributed by atoms with E-state index in [-0.39, 0.29) is 62.3 Å². The fourth-order valence-corrected chi connectivity index (χ4v) is 7.96. The van der Waals surface area contributed by atoms with E-state index in [0.29, 0.717) is 11.1 Å². The second-order valence-corrected chi connectivity index (χ2v) is 15.9. The molecule has 23 heteroatoms. The monoisotopic (exact) mass is 998 g/mol. The Morgan fingerprint density at radius 2 is 1.05 bits per heavy atom. The summed E-state index contributed by atoms with van der Waals surface area (Å²) in [5.74, 6) is -5.53. The number of halogens is 10. The van der Waals surface area contributed by atoms with Gasteiger partial charge >= 0.3 is 36.3 Å². The average Bonchev–Trinajstić information content (AvgIpc) is 3.28. The molecule has 0 spiro atoms. The highest BCUT2D eigenvalue weighted by molar-refractivity contribution is 6.32. The van der Waals surface area contributed by atoms with Crippen LogP contribution in [-0.2, 0) is 33.9 Å². The molecular formula is C43H32Cl4F6N6O7. The van der Waals surface area contributed by atoms with E-state index < -0.39 is 64.0 Å². The first-order chi connectivity index (χ1) is 31.1. The molecule has 0 aliphatic heterocycles. The van der Waals surface area contributed by atoms with Crippen LogP contribution in [0.1, 0.15) is 79.8 Å². The number of aromatic nitrogens is 6. The number of rotatable bonds is 15. The Kier molecular flexibility index (Phi) is 15.0. The fraction of sp³-hybridized carbons (Fsp3) is 0.256. The minimum atomic E-state index is -5.32. The second kappa shape index (κ2) is 19.9. The number of hydrogen-bond donors (Lipinski definition) is 1. The lowest BCUT2D eigenvalue weighted by Crippen LogP contribution is -2.50. The molecule has 13 nitrogen and oxygen atoms in total. The number of esters is 2. The first-order valence-corrected chi connectivity index (χ1v) is 20.5. The summed E-state index contributed by atoms with van der Waals surface area (Å²) in [6.07, 6.45) is -4.33. The summed E-state index contributed by atoms with van der Waals surface area (Å²) in [5.41, 5.74) is -7.85. The third-order valence-corrected chi connectivity index (χ3v) is 11.4. The summed E-state index contributed by atoms with van der Waals surface area (Å²) >= 11 is 24.9. The van der Waals surface area contributed by atoms with E-state index in [2.05, 4.69) is 34.6 Å². The van der Waals surface area contributed by atoms with Crippen LogP contribution in [0.25, 0.3) is 0 Å². The van der Waals surface area contributed by atoms with Crippen molar-refractivity contribution in [2.45, 2.75) is 62.5 Å². The van der Waals surface area contributed by atoms with E-state index in [9.17, 15) is 27.9 Å². The molecule has 346 valence electrons. The molecule has 4 aromatic heterocycles. The minimum absolute atomic E-state index is 0.0625. The van der Waals surface area contributed by atoms with Gasteiger partial charge in [0.1, 0.15) is 23.5 Å². The van der Waals surface area contributed by atoms with Crippen LogP contribution in [0.3, 0.4) is 0 Å². The Hall–Kier alpha value is -5.86. The summed E-state index contributed by atoms with van der Waals surface area (Å²) in [4.78, 5) is 48.5. The largest absolute Gasteiger partial charge is 0.465 e. The van der Waals surface area contributed by atoms with Crippen molar-refractivity contribution in [3.63, 3.8) is 0 Å². The maximum atomic E-state index is 15.7. The van der Waals surface area contributed by atoms with Gasteiger partial charge in [-0.25, -0.2) is 39.5 Å². The van der Waals surface area contributed by atoms with Gasteiger partial charge in [-0.2, -0.15) is 26.3 Å². The number of alkyl halides is 6. The molecule has 4 unspecified atom stereocenters. The highest BCUT2D eigenvalue weighted by Crippen LogP contribution is 2.54. The smallest absolute Gasteiger partial charge is 0.433 e. The van der Waals surface area contributed by atoms with Gasteiger partial charge in [0.15, 0.2) is 5.60 Å². The van der Waals surface area contributed by atoms with E-state index in [1.54, 1.807) is 0 Å². The van der Waals surface area contributed by atoms with Crippen LogP contribution in [0.15, 0.2) is 97.8 Å². The molecule has 0 radical (unpaired) electrons. The van der Waals surface area contributed by atoms with Crippen molar-refractivity contribution in [1.82, 2.24) is 29.9 Å². The van der Waals surface area contributed by atoms with Gasteiger partial charge < -0.3 is 24.1 Å². The second-order valence-electron chi connectivity index (χ2n) is 14.4. The minimum Gasteiger partial charge on any atom is -0.465 e. The number of benzene rings is 2. The molecule has 4 atom stereocenters. The molecule has 6 aromatic rings. The van der Waals surface area contributed by atoms with Gasteiger partial charge in [-0.15, -0.1) is 0 Å². The van der Waals surface area contributed by atoms with Crippen LogP contribution in [0.4, 0.5) is 26.3 Å². The van der Waals surface area contributed by atoms with E-state index in [0.717, 1.165) is 62.9 Å². The topological polar surface area (TPSA) is 169 Å². The standard InChI is InChI=1S/C43H32Cl4F6N6O7/c1-22(40(62,42(48,49)50)28-8-10-54-34(46)14-28)30-6-4-24(12-32(30)44)20-65-39-58-18-27(19-59-39)37(61)66-41(43(51,52)53,29-9-11-55-35(47)15-29)23(2)31-7-5-25(13-33(31)45)21-64-38-56-16-26(17-57-38)36(60)63-3/h4-19,22-23,62H,20-21H2,1-3H3. The lowest BCUT2D eigenvalue weighted by Gasteiger charge is -2.40. The van der Waals surface area contributed by atoms with Crippen LogP contribution < -0.4 is 9.47 Å². The predicted molar refractivity (Wildman–Crippen MR) is 225 cm³/mol. The van der Waals surface area contributed by atoms with Gasteiger partial charge in [0.2, 0.25) is 5.60 Å². The molecule has 0 amide bonds. The molecule has 1 N–H and O–H groups in total. The Balaban J connectivity index is 1.20. The Morgan fingerprint density at radius 1 is 0.606 bits per heavy atom. The van der Waals surface area contributed by atoms with Crippen molar-refractivity contribution in [3.05, 3.63) is 163 Å². The number of carbonyl (C=O) groups excluding carboxylic acids is 2. The van der Waals surface area contributed by atoms with E-state index >= 15 is 13.2 Å². The highest BCUT2D eigenvalue weighted by atomic mass is 35.5. The summed E-state index contributed by atoms with van der Waals surface area (Å²) in [6, 6.07) is 11.4. The van der Waals surface area contributed by atoms with Crippen molar-refractivity contribution < 1.29 is 60.0 Å². The van der Waals surface area contributed by atoms with Crippen LogP contribution in [-0.4, -0.2) is 66.4 Å². The third-order valence-electron chi connectivity index (χ3n) is 10.4. The zero-order chi connectivity index (χ0) is 48.2. The maximum Gasteiger partial charge on any atom is 0.433 e. The molecular weight excluding hydrogens is 968 g/mol. The first-order valence-electron chi connectivity index (χ1n) is 19.0. The molecule has 2 aromatic carbocycles. The van der Waals surface area contributed by atoms with E-state index in [1.807, 2.05) is 0 Å². The van der Waals surface area contributed by atoms with Crippen molar-refractivity contribution in [1.29, 1.82) is 0 Å². The number of aliphatic hydroxyl groups is 1. The molecule has 4 heterocycles. The van der Waals surface area contributed by atoms with E-state index in [4.69, 9.17) is 60.6 Å². The van der Waals surface area contributed by atoms with Crippen molar-refractivity contribution in [3.8, 4) is 12.0 Å². The maximum absolute atomic E-state index is 15.7. The Morgan fingerprint density at radius 3 is 1.47 bits per heavy atom. The van der Waals surface area contributed by atoms with Gasteiger partial charge in [-0.1, -0.05) is 84.5 Å². The molecule has 0 aliphatic carbocycles. The molecule has 0 saturated carbocycles. The lowest BCUT2D eigenvalue weighted by atomic mass is 9.77. The number of carbonyl (C=O) groups is 2. The number of pyridine rings is 2. The predicted octanol–water partition coefficient (Wildman–Crippen LogP) is 10.6.